The first-order valence-corrected chi connectivity index (χ1v) is 8.89. The molecule has 136 valence electrons. The number of carboxylic acids is 1. The van der Waals surface area contributed by atoms with Crippen LogP contribution in [-0.4, -0.2) is 28.1 Å². The normalized spacial score (nSPS) is 35.2. The highest BCUT2D eigenvalue weighted by atomic mass is 16.4. The molecule has 1 aromatic heterocycles. The van der Waals surface area contributed by atoms with Crippen molar-refractivity contribution in [2.24, 2.45) is 17.3 Å². The maximum Gasteiger partial charge on any atom is 0.330 e. The zero-order valence-corrected chi connectivity index (χ0v) is 15.2. The average molecular weight is 346 g/mol. The fraction of sp³-hybridized carbons (Fsp3) is 0.600. The highest BCUT2D eigenvalue weighted by Crippen LogP contribution is 2.60. The third-order valence-corrected chi connectivity index (χ3v) is 6.64. The average Bonchev–Trinajstić information content (AvgIpc) is 2.93. The summed E-state index contributed by atoms with van der Waals surface area (Å²) in [6.45, 7) is 7.71. The Kier molecular flexibility index (Phi) is 4.40. The second-order valence-electron chi connectivity index (χ2n) is 7.90. The Bertz CT molecular complexity index is 743. The van der Waals surface area contributed by atoms with Crippen molar-refractivity contribution in [2.45, 2.75) is 59.0 Å². The molecule has 0 aliphatic heterocycles. The van der Waals surface area contributed by atoms with Gasteiger partial charge in [0, 0.05) is 11.1 Å². The molecule has 2 aliphatic carbocycles. The zero-order valence-electron chi connectivity index (χ0n) is 15.2. The molecular formula is C20H26O5. The smallest absolute Gasteiger partial charge is 0.330 e. The highest BCUT2D eigenvalue weighted by Gasteiger charge is 2.58. The predicted octanol–water partition coefficient (Wildman–Crippen LogP) is 3.70. The molecular weight excluding hydrogens is 320 g/mol. The predicted molar refractivity (Wildman–Crippen MR) is 92.5 cm³/mol. The number of fused-ring (bicyclic) bond motifs is 2. The van der Waals surface area contributed by atoms with Crippen molar-refractivity contribution < 1.29 is 24.2 Å². The molecule has 1 saturated carbocycles. The summed E-state index contributed by atoms with van der Waals surface area (Å²) in [4.78, 5) is 24.2. The number of aliphatic hydroxyl groups excluding tert-OH is 1. The number of aliphatic hydroxyl groups is 1. The number of furan rings is 1. The van der Waals surface area contributed by atoms with Gasteiger partial charge in [0.1, 0.15) is 0 Å². The highest BCUT2D eigenvalue weighted by molar-refractivity contribution is 5.99. The van der Waals surface area contributed by atoms with E-state index in [0.717, 1.165) is 17.5 Å². The van der Waals surface area contributed by atoms with Gasteiger partial charge in [-0.3, -0.25) is 4.79 Å². The number of allylic oxidation sites excluding steroid dienone is 1. The first-order valence-electron chi connectivity index (χ1n) is 8.89. The van der Waals surface area contributed by atoms with E-state index in [4.69, 9.17) is 4.42 Å². The minimum atomic E-state index is -0.936. The summed E-state index contributed by atoms with van der Waals surface area (Å²) in [6, 6.07) is 0. The lowest BCUT2D eigenvalue weighted by Gasteiger charge is -2.54. The quantitative estimate of drug-likeness (QED) is 0.815. The summed E-state index contributed by atoms with van der Waals surface area (Å²) in [6.07, 6.45) is 4.63. The monoisotopic (exact) mass is 346 g/mol. The maximum atomic E-state index is 13.1. The van der Waals surface area contributed by atoms with Crippen LogP contribution in [0.25, 0.3) is 0 Å². The summed E-state index contributed by atoms with van der Waals surface area (Å²) in [7, 11) is 0. The Morgan fingerprint density at radius 2 is 2.12 bits per heavy atom. The van der Waals surface area contributed by atoms with Gasteiger partial charge in [-0.15, -0.1) is 0 Å². The summed E-state index contributed by atoms with van der Waals surface area (Å²) in [5.41, 5.74) is 1.68. The largest absolute Gasteiger partial charge is 0.478 e. The molecule has 1 heterocycles. The number of hydrogen-bond acceptors (Lipinski definition) is 4. The van der Waals surface area contributed by atoms with Crippen LogP contribution in [0.4, 0.5) is 0 Å². The second kappa shape index (κ2) is 6.13. The van der Waals surface area contributed by atoms with Crippen LogP contribution in [0.3, 0.4) is 0 Å². The van der Waals surface area contributed by atoms with E-state index in [2.05, 4.69) is 13.8 Å². The fourth-order valence-corrected chi connectivity index (χ4v) is 4.92. The Balaban J connectivity index is 2.15. The van der Waals surface area contributed by atoms with Crippen molar-refractivity contribution in [3.05, 3.63) is 34.8 Å². The summed E-state index contributed by atoms with van der Waals surface area (Å²) < 4.78 is 5.56. The molecule has 2 N–H and O–H groups in total. The molecule has 5 nitrogen and oxygen atoms in total. The summed E-state index contributed by atoms with van der Waals surface area (Å²) >= 11 is 0. The van der Waals surface area contributed by atoms with Crippen molar-refractivity contribution in [3.63, 3.8) is 0 Å². The Morgan fingerprint density at radius 1 is 1.44 bits per heavy atom. The Labute approximate surface area is 147 Å². The lowest BCUT2D eigenvalue weighted by Crippen LogP contribution is -2.54. The van der Waals surface area contributed by atoms with Gasteiger partial charge in [-0.05, 0) is 55.9 Å². The van der Waals surface area contributed by atoms with Crippen LogP contribution in [0, 0.1) is 24.2 Å². The van der Waals surface area contributed by atoms with Crippen LogP contribution in [0.2, 0.25) is 0 Å². The molecule has 25 heavy (non-hydrogen) atoms. The van der Waals surface area contributed by atoms with Gasteiger partial charge in [0.2, 0.25) is 5.78 Å². The van der Waals surface area contributed by atoms with E-state index in [-0.39, 0.29) is 17.6 Å². The standard InChI is InChI=1S/C20H26O5/c1-10(19(23)24)5-7-13-15-11(2)9-25-18(15)17(22)16-14(21)8-6-12(3)20(13,16)4/h5,9,12-14,16,21H,6-8H2,1-4H3,(H,23,24)/b10-5+/t12-,13+,14-,16-,20-/m0/s1. The van der Waals surface area contributed by atoms with Gasteiger partial charge in [-0.2, -0.15) is 0 Å². The van der Waals surface area contributed by atoms with E-state index in [1.54, 1.807) is 19.3 Å². The van der Waals surface area contributed by atoms with Gasteiger partial charge in [0.15, 0.2) is 5.76 Å². The summed E-state index contributed by atoms with van der Waals surface area (Å²) in [5.74, 6) is -1.01. The van der Waals surface area contributed by atoms with Gasteiger partial charge in [-0.1, -0.05) is 19.9 Å². The lowest BCUT2D eigenvalue weighted by molar-refractivity contribution is -0.132. The Hall–Kier alpha value is -1.88. The van der Waals surface area contributed by atoms with Crippen LogP contribution >= 0.6 is 0 Å². The molecule has 0 aromatic carbocycles. The molecule has 5 heteroatoms. The molecule has 0 saturated heterocycles. The van der Waals surface area contributed by atoms with Crippen LogP contribution < -0.4 is 0 Å². The van der Waals surface area contributed by atoms with Crippen molar-refractivity contribution in [1.82, 2.24) is 0 Å². The molecule has 0 unspecified atom stereocenters. The fourth-order valence-electron chi connectivity index (χ4n) is 4.92. The molecule has 0 amide bonds. The number of Topliss-reactive ketones (excluding diaryl/α,β-unsaturated/α-hetero) is 1. The molecule has 1 aromatic rings. The SMILES string of the molecule is C/C(=C\C[C@@H]1c2c(C)coc2C(=O)[C@@H]2[C@@H](O)CC[C@H](C)[C@@]12C)C(=O)O. The molecule has 5 atom stereocenters. The van der Waals surface area contributed by atoms with E-state index in [9.17, 15) is 19.8 Å². The van der Waals surface area contributed by atoms with Gasteiger partial charge < -0.3 is 14.6 Å². The van der Waals surface area contributed by atoms with Gasteiger partial charge in [0.25, 0.3) is 0 Å². The van der Waals surface area contributed by atoms with Crippen molar-refractivity contribution in [2.75, 3.05) is 0 Å². The van der Waals surface area contributed by atoms with Crippen LogP contribution in [-0.2, 0) is 4.79 Å². The second-order valence-corrected chi connectivity index (χ2v) is 7.90. The molecule has 0 bridgehead atoms. The minimum absolute atomic E-state index is 0.0526. The van der Waals surface area contributed by atoms with Crippen LogP contribution in [0.5, 0.6) is 0 Å². The van der Waals surface area contributed by atoms with E-state index in [1.807, 2.05) is 6.92 Å². The molecule has 0 radical (unpaired) electrons. The van der Waals surface area contributed by atoms with Crippen molar-refractivity contribution >= 4 is 11.8 Å². The third-order valence-electron chi connectivity index (χ3n) is 6.64. The number of ketones is 1. The number of carboxylic acid groups (broad SMARTS) is 1. The van der Waals surface area contributed by atoms with E-state index < -0.39 is 23.4 Å². The number of carbonyl (C=O) groups excluding carboxylic acids is 1. The first kappa shape index (κ1) is 17.9. The molecule has 0 spiro atoms. The van der Waals surface area contributed by atoms with Crippen molar-refractivity contribution in [1.29, 1.82) is 0 Å². The van der Waals surface area contributed by atoms with Crippen LogP contribution in [0.15, 0.2) is 22.3 Å². The minimum Gasteiger partial charge on any atom is -0.478 e. The third kappa shape index (κ3) is 2.56. The molecule has 1 fully saturated rings. The van der Waals surface area contributed by atoms with E-state index in [0.29, 0.717) is 24.2 Å². The van der Waals surface area contributed by atoms with Gasteiger partial charge in [0.05, 0.1) is 18.3 Å². The van der Waals surface area contributed by atoms with Crippen LogP contribution in [0.1, 0.15) is 67.6 Å². The molecule has 2 aliphatic rings. The van der Waals surface area contributed by atoms with E-state index >= 15 is 0 Å². The topological polar surface area (TPSA) is 87.7 Å². The summed E-state index contributed by atoms with van der Waals surface area (Å²) in [5, 5.41) is 19.8. The number of carbonyl (C=O) groups is 2. The zero-order chi connectivity index (χ0) is 18.5. The van der Waals surface area contributed by atoms with E-state index in [1.165, 1.54) is 0 Å². The van der Waals surface area contributed by atoms with Crippen molar-refractivity contribution in [3.8, 4) is 0 Å². The molecule has 3 rings (SSSR count). The lowest BCUT2D eigenvalue weighted by atomic mass is 9.49. The first-order chi connectivity index (χ1) is 11.7. The number of aliphatic carboxylic acids is 1. The number of aryl methyl sites for hydroxylation is 1. The number of hydrogen-bond donors (Lipinski definition) is 2. The Morgan fingerprint density at radius 3 is 2.76 bits per heavy atom. The van der Waals surface area contributed by atoms with Gasteiger partial charge >= 0.3 is 5.97 Å². The van der Waals surface area contributed by atoms with Gasteiger partial charge in [-0.25, -0.2) is 4.79 Å². The number of rotatable bonds is 3. The maximum absolute atomic E-state index is 13.1.